The molecule has 2 aromatic rings. The van der Waals surface area contributed by atoms with Crippen LogP contribution in [0.3, 0.4) is 0 Å². The standard InChI is InChI=1S/C16H21NO/c1-16(2,11-17-3)12-18-15-9-8-13-6-4-5-7-14(13)10-15/h4-10,17H,11-12H2,1-3H3. The SMILES string of the molecule is CNCC(C)(C)COc1ccc2ccccc2c1. The molecule has 0 radical (unpaired) electrons. The smallest absolute Gasteiger partial charge is 0.119 e. The maximum Gasteiger partial charge on any atom is 0.119 e. The molecule has 0 bridgehead atoms. The Kier molecular flexibility index (Phi) is 3.87. The largest absolute Gasteiger partial charge is 0.493 e. The molecular formula is C16H21NO. The Morgan fingerprint density at radius 1 is 1.06 bits per heavy atom. The van der Waals surface area contributed by atoms with Crippen molar-refractivity contribution in [2.24, 2.45) is 5.41 Å². The number of fused-ring (bicyclic) bond motifs is 1. The molecule has 96 valence electrons. The van der Waals surface area contributed by atoms with E-state index in [-0.39, 0.29) is 5.41 Å². The minimum absolute atomic E-state index is 0.139. The molecule has 0 aliphatic rings. The summed E-state index contributed by atoms with van der Waals surface area (Å²) in [6.07, 6.45) is 0. The molecule has 1 N–H and O–H groups in total. The van der Waals surface area contributed by atoms with Gasteiger partial charge in [-0.3, -0.25) is 0 Å². The summed E-state index contributed by atoms with van der Waals surface area (Å²) < 4.78 is 5.89. The highest BCUT2D eigenvalue weighted by atomic mass is 16.5. The van der Waals surface area contributed by atoms with Crippen LogP contribution in [0, 0.1) is 5.41 Å². The molecule has 2 rings (SSSR count). The van der Waals surface area contributed by atoms with Crippen molar-refractivity contribution < 1.29 is 4.74 Å². The topological polar surface area (TPSA) is 21.3 Å². The molecule has 0 heterocycles. The lowest BCUT2D eigenvalue weighted by Gasteiger charge is -2.24. The second kappa shape index (κ2) is 5.40. The summed E-state index contributed by atoms with van der Waals surface area (Å²) >= 11 is 0. The lowest BCUT2D eigenvalue weighted by Crippen LogP contribution is -2.32. The Labute approximate surface area is 109 Å². The summed E-state index contributed by atoms with van der Waals surface area (Å²) in [4.78, 5) is 0. The van der Waals surface area contributed by atoms with Crippen LogP contribution < -0.4 is 10.1 Å². The van der Waals surface area contributed by atoms with E-state index in [2.05, 4.69) is 55.6 Å². The number of hydrogen-bond donors (Lipinski definition) is 1. The first-order chi connectivity index (χ1) is 8.61. The predicted octanol–water partition coefficient (Wildman–Crippen LogP) is 3.46. The molecule has 0 saturated carbocycles. The molecule has 0 unspecified atom stereocenters. The Hall–Kier alpha value is -1.54. The lowest BCUT2D eigenvalue weighted by molar-refractivity contribution is 0.179. The molecule has 0 aliphatic heterocycles. The summed E-state index contributed by atoms with van der Waals surface area (Å²) in [6.45, 7) is 6.06. The van der Waals surface area contributed by atoms with Gasteiger partial charge in [-0.2, -0.15) is 0 Å². The molecule has 0 fully saturated rings. The van der Waals surface area contributed by atoms with Crippen LogP contribution in [0.2, 0.25) is 0 Å². The van der Waals surface area contributed by atoms with Crippen molar-refractivity contribution in [2.75, 3.05) is 20.2 Å². The fourth-order valence-corrected chi connectivity index (χ4v) is 2.07. The molecule has 0 amide bonds. The molecule has 18 heavy (non-hydrogen) atoms. The highest BCUT2D eigenvalue weighted by molar-refractivity contribution is 5.83. The zero-order valence-electron chi connectivity index (χ0n) is 11.4. The Morgan fingerprint density at radius 2 is 1.78 bits per heavy atom. The van der Waals surface area contributed by atoms with E-state index >= 15 is 0 Å². The first-order valence-corrected chi connectivity index (χ1v) is 6.37. The van der Waals surface area contributed by atoms with E-state index in [4.69, 9.17) is 4.74 Å². The second-order valence-electron chi connectivity index (χ2n) is 5.49. The van der Waals surface area contributed by atoms with Crippen LogP contribution in [-0.2, 0) is 0 Å². The van der Waals surface area contributed by atoms with Crippen molar-refractivity contribution in [3.8, 4) is 5.75 Å². The van der Waals surface area contributed by atoms with Gasteiger partial charge in [-0.05, 0) is 30.0 Å². The van der Waals surface area contributed by atoms with Gasteiger partial charge in [0.1, 0.15) is 5.75 Å². The van der Waals surface area contributed by atoms with Crippen molar-refractivity contribution in [1.82, 2.24) is 5.32 Å². The van der Waals surface area contributed by atoms with E-state index in [0.717, 1.165) is 12.3 Å². The van der Waals surface area contributed by atoms with Gasteiger partial charge in [-0.25, -0.2) is 0 Å². The highest BCUT2D eigenvalue weighted by Crippen LogP contribution is 2.22. The molecule has 0 aliphatic carbocycles. The van der Waals surface area contributed by atoms with Crippen molar-refractivity contribution in [2.45, 2.75) is 13.8 Å². The van der Waals surface area contributed by atoms with Gasteiger partial charge in [0, 0.05) is 12.0 Å². The van der Waals surface area contributed by atoms with Crippen molar-refractivity contribution in [3.63, 3.8) is 0 Å². The highest BCUT2D eigenvalue weighted by Gasteiger charge is 2.17. The first kappa shape index (κ1) is 12.9. The quantitative estimate of drug-likeness (QED) is 0.868. The van der Waals surface area contributed by atoms with Crippen molar-refractivity contribution in [1.29, 1.82) is 0 Å². The number of hydrogen-bond acceptors (Lipinski definition) is 2. The monoisotopic (exact) mass is 243 g/mol. The third kappa shape index (κ3) is 3.23. The minimum atomic E-state index is 0.139. The third-order valence-electron chi connectivity index (χ3n) is 3.01. The summed E-state index contributed by atoms with van der Waals surface area (Å²) in [7, 11) is 1.97. The summed E-state index contributed by atoms with van der Waals surface area (Å²) in [5.41, 5.74) is 0.139. The number of benzene rings is 2. The normalized spacial score (nSPS) is 11.7. The van der Waals surface area contributed by atoms with Crippen LogP contribution in [0.25, 0.3) is 10.8 Å². The van der Waals surface area contributed by atoms with Crippen LogP contribution in [0.4, 0.5) is 0 Å². The second-order valence-corrected chi connectivity index (χ2v) is 5.49. The molecule has 0 aromatic heterocycles. The van der Waals surface area contributed by atoms with E-state index < -0.39 is 0 Å². The number of rotatable bonds is 5. The van der Waals surface area contributed by atoms with Gasteiger partial charge < -0.3 is 10.1 Å². The minimum Gasteiger partial charge on any atom is -0.493 e. The zero-order valence-corrected chi connectivity index (χ0v) is 11.4. The molecule has 2 heteroatoms. The van der Waals surface area contributed by atoms with Gasteiger partial charge in [-0.15, -0.1) is 0 Å². The summed E-state index contributed by atoms with van der Waals surface area (Å²) in [6, 6.07) is 14.6. The van der Waals surface area contributed by atoms with Gasteiger partial charge in [0.25, 0.3) is 0 Å². The van der Waals surface area contributed by atoms with E-state index in [1.165, 1.54) is 10.8 Å². The molecule has 2 aromatic carbocycles. The van der Waals surface area contributed by atoms with Gasteiger partial charge in [0.05, 0.1) is 6.61 Å². The van der Waals surface area contributed by atoms with Crippen LogP contribution in [0.5, 0.6) is 5.75 Å². The van der Waals surface area contributed by atoms with Gasteiger partial charge in [0.15, 0.2) is 0 Å². The lowest BCUT2D eigenvalue weighted by atomic mass is 9.95. The van der Waals surface area contributed by atoms with E-state index in [1.807, 2.05) is 13.1 Å². The molecule has 0 saturated heterocycles. The number of nitrogens with one attached hydrogen (secondary N) is 1. The summed E-state index contributed by atoms with van der Waals surface area (Å²) in [5.74, 6) is 0.942. The molecule has 2 nitrogen and oxygen atoms in total. The van der Waals surface area contributed by atoms with Gasteiger partial charge >= 0.3 is 0 Å². The molecule has 0 spiro atoms. The third-order valence-corrected chi connectivity index (χ3v) is 3.01. The molecule has 0 atom stereocenters. The predicted molar refractivity (Wildman–Crippen MR) is 77.2 cm³/mol. The van der Waals surface area contributed by atoms with Crippen LogP contribution in [-0.4, -0.2) is 20.2 Å². The van der Waals surface area contributed by atoms with Gasteiger partial charge in [0.2, 0.25) is 0 Å². The van der Waals surface area contributed by atoms with Crippen LogP contribution in [0.15, 0.2) is 42.5 Å². The molecular weight excluding hydrogens is 222 g/mol. The Bertz CT molecular complexity index is 519. The van der Waals surface area contributed by atoms with E-state index in [0.29, 0.717) is 6.61 Å². The van der Waals surface area contributed by atoms with E-state index in [1.54, 1.807) is 0 Å². The average molecular weight is 243 g/mol. The number of ether oxygens (including phenoxy) is 1. The first-order valence-electron chi connectivity index (χ1n) is 6.37. The Morgan fingerprint density at radius 3 is 2.50 bits per heavy atom. The van der Waals surface area contributed by atoms with E-state index in [9.17, 15) is 0 Å². The van der Waals surface area contributed by atoms with Crippen LogP contribution >= 0.6 is 0 Å². The van der Waals surface area contributed by atoms with Crippen molar-refractivity contribution in [3.05, 3.63) is 42.5 Å². The van der Waals surface area contributed by atoms with Crippen LogP contribution in [0.1, 0.15) is 13.8 Å². The summed E-state index contributed by atoms with van der Waals surface area (Å²) in [5, 5.41) is 5.67. The van der Waals surface area contributed by atoms with Crippen molar-refractivity contribution >= 4 is 10.8 Å². The zero-order chi connectivity index (χ0) is 13.0. The maximum absolute atomic E-state index is 5.89. The fraction of sp³-hybridized carbons (Fsp3) is 0.375. The fourth-order valence-electron chi connectivity index (χ4n) is 2.07. The van der Waals surface area contributed by atoms with Gasteiger partial charge in [-0.1, -0.05) is 44.2 Å². The Balaban J connectivity index is 2.08. The maximum atomic E-state index is 5.89. The average Bonchev–Trinajstić information content (AvgIpc) is 2.36.